The van der Waals surface area contributed by atoms with Crippen LogP contribution in [0.25, 0.3) is 0 Å². The van der Waals surface area contributed by atoms with Crippen LogP contribution in [0.5, 0.6) is 11.5 Å². The lowest BCUT2D eigenvalue weighted by molar-refractivity contribution is 0.246. The zero-order valence-corrected chi connectivity index (χ0v) is 12.5. The maximum atomic E-state index is 5.72. The van der Waals surface area contributed by atoms with Crippen molar-refractivity contribution in [1.29, 1.82) is 0 Å². The molecule has 3 rings (SSSR count). The van der Waals surface area contributed by atoms with Crippen LogP contribution in [-0.2, 0) is 0 Å². The summed E-state index contributed by atoms with van der Waals surface area (Å²) in [6.07, 6.45) is 0.991. The lowest BCUT2D eigenvalue weighted by atomic mass is 9.98. The number of hydrogen-bond acceptors (Lipinski definition) is 3. The van der Waals surface area contributed by atoms with Gasteiger partial charge < -0.3 is 14.8 Å². The Morgan fingerprint density at radius 1 is 1.19 bits per heavy atom. The maximum absolute atomic E-state index is 5.72. The minimum Gasteiger partial charge on any atom is -0.497 e. The zero-order chi connectivity index (χ0) is 14.7. The summed E-state index contributed by atoms with van der Waals surface area (Å²) >= 11 is 0. The molecule has 3 nitrogen and oxygen atoms in total. The van der Waals surface area contributed by atoms with Crippen molar-refractivity contribution in [2.24, 2.45) is 0 Å². The van der Waals surface area contributed by atoms with Crippen LogP contribution < -0.4 is 14.8 Å². The third-order valence-corrected chi connectivity index (χ3v) is 4.00. The van der Waals surface area contributed by atoms with Gasteiger partial charge in [-0.05, 0) is 30.7 Å². The van der Waals surface area contributed by atoms with Crippen LogP contribution in [0.2, 0.25) is 0 Å². The molecule has 0 spiro atoms. The average Bonchev–Trinajstić information content (AvgIpc) is 2.55. The molecular weight excluding hydrogens is 262 g/mol. The molecule has 3 heteroatoms. The quantitative estimate of drug-likeness (QED) is 0.924. The van der Waals surface area contributed by atoms with Crippen molar-refractivity contribution in [3.63, 3.8) is 0 Å². The molecule has 1 N–H and O–H groups in total. The summed E-state index contributed by atoms with van der Waals surface area (Å²) < 4.78 is 11.0. The molecule has 21 heavy (non-hydrogen) atoms. The average molecular weight is 283 g/mol. The number of benzene rings is 2. The Morgan fingerprint density at radius 2 is 2.05 bits per heavy atom. The second-order valence-corrected chi connectivity index (χ2v) is 5.39. The Kier molecular flexibility index (Phi) is 4.11. The normalized spacial score (nSPS) is 18.5. The zero-order valence-electron chi connectivity index (χ0n) is 12.5. The van der Waals surface area contributed by atoms with Gasteiger partial charge in [-0.15, -0.1) is 0 Å². The molecule has 110 valence electrons. The highest BCUT2D eigenvalue weighted by Gasteiger charge is 2.22. The molecule has 0 saturated heterocycles. The van der Waals surface area contributed by atoms with E-state index in [0.29, 0.717) is 6.04 Å². The van der Waals surface area contributed by atoms with Crippen LogP contribution in [0.15, 0.2) is 48.5 Å². The summed E-state index contributed by atoms with van der Waals surface area (Å²) in [6.45, 7) is 2.95. The number of hydrogen-bond donors (Lipinski definition) is 1. The summed E-state index contributed by atoms with van der Waals surface area (Å²) in [5.41, 5.74) is 2.48. The van der Waals surface area contributed by atoms with Crippen LogP contribution in [-0.4, -0.2) is 13.7 Å². The van der Waals surface area contributed by atoms with Crippen LogP contribution in [0.1, 0.15) is 36.6 Å². The maximum Gasteiger partial charge on any atom is 0.124 e. The van der Waals surface area contributed by atoms with E-state index in [0.717, 1.165) is 24.5 Å². The number of nitrogens with one attached hydrogen (secondary N) is 1. The van der Waals surface area contributed by atoms with Crippen molar-refractivity contribution >= 4 is 0 Å². The third kappa shape index (κ3) is 3.03. The first-order valence-corrected chi connectivity index (χ1v) is 7.39. The van der Waals surface area contributed by atoms with Crippen molar-refractivity contribution in [3.8, 4) is 11.5 Å². The van der Waals surface area contributed by atoms with Gasteiger partial charge >= 0.3 is 0 Å². The van der Waals surface area contributed by atoms with Crippen LogP contribution in [0, 0.1) is 0 Å². The van der Waals surface area contributed by atoms with Gasteiger partial charge in [-0.2, -0.15) is 0 Å². The van der Waals surface area contributed by atoms with E-state index < -0.39 is 0 Å². The SMILES string of the molecule is COc1cccc([C@@H](C)NC2CCOc3ccccc32)c1. The molecule has 2 aromatic carbocycles. The fraction of sp³-hybridized carbons (Fsp3) is 0.333. The topological polar surface area (TPSA) is 30.5 Å². The molecule has 0 saturated carbocycles. The molecule has 2 atom stereocenters. The van der Waals surface area contributed by atoms with E-state index in [9.17, 15) is 0 Å². The highest BCUT2D eigenvalue weighted by molar-refractivity contribution is 5.38. The number of methoxy groups -OCH3 is 1. The van der Waals surface area contributed by atoms with E-state index in [4.69, 9.17) is 9.47 Å². The molecule has 2 aromatic rings. The molecule has 1 unspecified atom stereocenters. The molecule has 0 aromatic heterocycles. The van der Waals surface area contributed by atoms with Crippen molar-refractivity contribution < 1.29 is 9.47 Å². The molecule has 0 fully saturated rings. The summed E-state index contributed by atoms with van der Waals surface area (Å²) in [5.74, 6) is 1.90. The molecule has 0 radical (unpaired) electrons. The van der Waals surface area contributed by atoms with Gasteiger partial charge in [0.2, 0.25) is 0 Å². The van der Waals surface area contributed by atoms with Gasteiger partial charge in [0.15, 0.2) is 0 Å². The largest absolute Gasteiger partial charge is 0.497 e. The van der Waals surface area contributed by atoms with E-state index in [2.05, 4.69) is 36.5 Å². The van der Waals surface area contributed by atoms with Crippen LogP contribution >= 0.6 is 0 Å². The Hall–Kier alpha value is -2.00. The van der Waals surface area contributed by atoms with Crippen molar-refractivity contribution in [1.82, 2.24) is 5.32 Å². The standard InChI is InChI=1S/C18H21NO2/c1-13(14-6-5-7-15(12-14)20-2)19-17-10-11-21-18-9-4-3-8-16(17)18/h3-9,12-13,17,19H,10-11H2,1-2H3/t13-,17?/m1/s1. The molecular formula is C18H21NO2. The Balaban J connectivity index is 1.77. The fourth-order valence-corrected chi connectivity index (χ4v) is 2.82. The van der Waals surface area contributed by atoms with Crippen molar-refractivity contribution in [3.05, 3.63) is 59.7 Å². The predicted molar refractivity (Wildman–Crippen MR) is 83.8 cm³/mol. The van der Waals surface area contributed by atoms with Gasteiger partial charge in [0.1, 0.15) is 11.5 Å². The van der Waals surface area contributed by atoms with Gasteiger partial charge in [0.25, 0.3) is 0 Å². The minimum absolute atomic E-state index is 0.260. The first-order valence-electron chi connectivity index (χ1n) is 7.39. The lowest BCUT2D eigenvalue weighted by Crippen LogP contribution is -2.29. The monoisotopic (exact) mass is 283 g/mol. The first-order chi connectivity index (χ1) is 10.3. The predicted octanol–water partition coefficient (Wildman–Crippen LogP) is 3.87. The summed E-state index contributed by atoms with van der Waals surface area (Å²) in [5, 5.41) is 3.71. The highest BCUT2D eigenvalue weighted by Crippen LogP contribution is 2.33. The number of rotatable bonds is 4. The second-order valence-electron chi connectivity index (χ2n) is 5.39. The number of para-hydroxylation sites is 1. The Labute approximate surface area is 125 Å². The number of fused-ring (bicyclic) bond motifs is 1. The van der Waals surface area contributed by atoms with Gasteiger partial charge in [0, 0.05) is 24.1 Å². The second kappa shape index (κ2) is 6.19. The molecule has 1 aliphatic heterocycles. The van der Waals surface area contributed by atoms with Crippen LogP contribution in [0.4, 0.5) is 0 Å². The van der Waals surface area contributed by atoms with Gasteiger partial charge in [-0.3, -0.25) is 0 Å². The van der Waals surface area contributed by atoms with Crippen LogP contribution in [0.3, 0.4) is 0 Å². The Bertz CT molecular complexity index is 612. The van der Waals surface area contributed by atoms with Gasteiger partial charge in [0.05, 0.1) is 13.7 Å². The minimum atomic E-state index is 0.260. The summed E-state index contributed by atoms with van der Waals surface area (Å²) in [6, 6.07) is 17.1. The lowest BCUT2D eigenvalue weighted by Gasteiger charge is -2.29. The van der Waals surface area contributed by atoms with E-state index in [1.807, 2.05) is 24.3 Å². The highest BCUT2D eigenvalue weighted by atomic mass is 16.5. The molecule has 0 bridgehead atoms. The van der Waals surface area contributed by atoms with Crippen molar-refractivity contribution in [2.45, 2.75) is 25.4 Å². The molecule has 1 heterocycles. The first kappa shape index (κ1) is 14.0. The van der Waals surface area contributed by atoms with E-state index in [-0.39, 0.29) is 6.04 Å². The summed E-state index contributed by atoms with van der Waals surface area (Å²) in [7, 11) is 1.70. The summed E-state index contributed by atoms with van der Waals surface area (Å²) in [4.78, 5) is 0. The molecule has 1 aliphatic rings. The fourth-order valence-electron chi connectivity index (χ4n) is 2.82. The van der Waals surface area contributed by atoms with Crippen molar-refractivity contribution in [2.75, 3.05) is 13.7 Å². The Morgan fingerprint density at radius 3 is 2.90 bits per heavy atom. The van der Waals surface area contributed by atoms with E-state index in [1.54, 1.807) is 7.11 Å². The molecule has 0 amide bonds. The van der Waals surface area contributed by atoms with E-state index >= 15 is 0 Å². The smallest absolute Gasteiger partial charge is 0.124 e. The van der Waals surface area contributed by atoms with E-state index in [1.165, 1.54) is 11.1 Å². The number of ether oxygens (including phenoxy) is 2. The third-order valence-electron chi connectivity index (χ3n) is 4.00. The van der Waals surface area contributed by atoms with Gasteiger partial charge in [-0.1, -0.05) is 30.3 Å². The molecule has 0 aliphatic carbocycles. The van der Waals surface area contributed by atoms with Gasteiger partial charge in [-0.25, -0.2) is 0 Å².